The minimum atomic E-state index is -3.66. The number of nitrogens with one attached hydrogen (secondary N) is 1. The van der Waals surface area contributed by atoms with Gasteiger partial charge in [-0.15, -0.1) is 0 Å². The molecule has 2 aromatic rings. The fourth-order valence-electron chi connectivity index (χ4n) is 3.10. The van der Waals surface area contributed by atoms with Gasteiger partial charge >= 0.3 is 0 Å². The fraction of sp³-hybridized carbons (Fsp3) is 0.562. The lowest BCUT2D eigenvalue weighted by Crippen LogP contribution is -2.43. The van der Waals surface area contributed by atoms with Crippen LogP contribution in [0.4, 0.5) is 5.82 Å². The number of carbonyl (C=O) groups is 1. The zero-order chi connectivity index (χ0) is 19.1. The molecule has 3 rings (SSSR count). The van der Waals surface area contributed by atoms with Gasteiger partial charge in [-0.05, 0) is 26.7 Å². The summed E-state index contributed by atoms with van der Waals surface area (Å²) in [5.41, 5.74) is 1.51. The second-order valence-corrected chi connectivity index (χ2v) is 8.61. The van der Waals surface area contributed by atoms with Crippen LogP contribution in [0, 0.1) is 19.8 Å². The maximum atomic E-state index is 12.9. The molecule has 1 aliphatic rings. The smallest absolute Gasteiger partial charge is 0.246 e. The normalized spacial score (nSPS) is 18.8. The SMILES string of the molecule is Cc1cc(NC(=O)[C@@H]2CCCN(S(=O)(=O)c3cnn(C)c3C)C2)nn1C. The highest BCUT2D eigenvalue weighted by molar-refractivity contribution is 7.89. The van der Waals surface area contributed by atoms with Crippen molar-refractivity contribution in [2.45, 2.75) is 31.6 Å². The van der Waals surface area contributed by atoms with Crippen molar-refractivity contribution in [2.75, 3.05) is 18.4 Å². The van der Waals surface area contributed by atoms with Gasteiger partial charge < -0.3 is 5.32 Å². The average Bonchev–Trinajstić information content (AvgIpc) is 3.10. The van der Waals surface area contributed by atoms with Crippen LogP contribution in [0.1, 0.15) is 24.2 Å². The molecule has 9 nitrogen and oxygen atoms in total. The first-order valence-electron chi connectivity index (χ1n) is 8.50. The second kappa shape index (κ2) is 6.84. The molecule has 0 aromatic carbocycles. The number of nitrogens with zero attached hydrogens (tertiary/aromatic N) is 5. The summed E-state index contributed by atoms with van der Waals surface area (Å²) in [7, 11) is -0.158. The number of hydrogen-bond acceptors (Lipinski definition) is 5. The number of rotatable bonds is 4. The second-order valence-electron chi connectivity index (χ2n) is 6.70. The summed E-state index contributed by atoms with van der Waals surface area (Å²) in [4.78, 5) is 12.8. The molecule has 1 saturated heterocycles. The Kier molecular flexibility index (Phi) is 4.89. The molecule has 0 saturated carbocycles. The molecule has 2 aromatic heterocycles. The number of anilines is 1. The van der Waals surface area contributed by atoms with Gasteiger partial charge in [0.25, 0.3) is 0 Å². The zero-order valence-corrected chi connectivity index (χ0v) is 16.2. The number of piperidine rings is 1. The van der Waals surface area contributed by atoms with Gasteiger partial charge in [0.05, 0.1) is 17.8 Å². The van der Waals surface area contributed by atoms with E-state index in [0.717, 1.165) is 5.69 Å². The standard InChI is InChI=1S/C16H24N6O3S/c1-11-8-15(19-20(11)3)18-16(23)13-6-5-7-22(10-13)26(24,25)14-9-17-21(4)12(14)2/h8-9,13H,5-7,10H2,1-4H3,(H,18,19,23)/t13-/m1/s1. The first kappa shape index (κ1) is 18.6. The van der Waals surface area contributed by atoms with Crippen LogP contribution in [0.15, 0.2) is 17.2 Å². The summed E-state index contributed by atoms with van der Waals surface area (Å²) in [5.74, 6) is -0.123. The van der Waals surface area contributed by atoms with Crippen LogP contribution >= 0.6 is 0 Å². The Bertz CT molecular complexity index is 910. The van der Waals surface area contributed by atoms with E-state index in [1.807, 2.05) is 6.92 Å². The number of carbonyl (C=O) groups excluding carboxylic acids is 1. The first-order valence-corrected chi connectivity index (χ1v) is 9.94. The van der Waals surface area contributed by atoms with E-state index in [2.05, 4.69) is 15.5 Å². The van der Waals surface area contributed by atoms with E-state index in [4.69, 9.17) is 0 Å². The van der Waals surface area contributed by atoms with Crippen LogP contribution in [0.25, 0.3) is 0 Å². The average molecular weight is 380 g/mol. The van der Waals surface area contributed by atoms with Crippen LogP contribution in [0.3, 0.4) is 0 Å². The van der Waals surface area contributed by atoms with E-state index < -0.39 is 15.9 Å². The van der Waals surface area contributed by atoms with E-state index in [9.17, 15) is 13.2 Å². The van der Waals surface area contributed by atoms with Crippen molar-refractivity contribution in [3.05, 3.63) is 23.7 Å². The molecule has 1 aliphatic heterocycles. The molecule has 1 atom stereocenters. The Morgan fingerprint density at radius 3 is 2.58 bits per heavy atom. The van der Waals surface area contributed by atoms with Gasteiger partial charge in [0.15, 0.2) is 5.82 Å². The summed E-state index contributed by atoms with van der Waals surface area (Å²) in [5, 5.41) is 11.0. The molecule has 1 fully saturated rings. The van der Waals surface area contributed by atoms with Crippen LogP contribution in [-0.2, 0) is 28.9 Å². The van der Waals surface area contributed by atoms with Crippen molar-refractivity contribution in [2.24, 2.45) is 20.0 Å². The third-order valence-corrected chi connectivity index (χ3v) is 6.90. The Morgan fingerprint density at radius 1 is 1.27 bits per heavy atom. The number of aromatic nitrogens is 4. The number of amides is 1. The summed E-state index contributed by atoms with van der Waals surface area (Å²) in [6.45, 7) is 4.18. The Labute approximate surface area is 153 Å². The number of hydrogen-bond donors (Lipinski definition) is 1. The highest BCUT2D eigenvalue weighted by Gasteiger charge is 2.35. The Hall–Kier alpha value is -2.20. The summed E-state index contributed by atoms with van der Waals surface area (Å²) in [6, 6.07) is 1.79. The predicted molar refractivity (Wildman–Crippen MR) is 96.0 cm³/mol. The van der Waals surface area contributed by atoms with Crippen molar-refractivity contribution in [1.82, 2.24) is 23.9 Å². The third-order valence-electron chi connectivity index (χ3n) is 4.93. The highest BCUT2D eigenvalue weighted by atomic mass is 32.2. The lowest BCUT2D eigenvalue weighted by molar-refractivity contribution is -0.120. The molecule has 10 heteroatoms. The van der Waals surface area contributed by atoms with Crippen LogP contribution in [0.2, 0.25) is 0 Å². The van der Waals surface area contributed by atoms with Gasteiger partial charge in [-0.3, -0.25) is 14.2 Å². The molecule has 1 N–H and O–H groups in total. The molecular weight excluding hydrogens is 356 g/mol. The fourth-order valence-corrected chi connectivity index (χ4v) is 4.81. The van der Waals surface area contributed by atoms with E-state index in [1.54, 1.807) is 31.8 Å². The summed E-state index contributed by atoms with van der Waals surface area (Å²) < 4.78 is 30.4. The number of sulfonamides is 1. The molecule has 0 spiro atoms. The maximum Gasteiger partial charge on any atom is 0.246 e. The largest absolute Gasteiger partial charge is 0.309 e. The minimum Gasteiger partial charge on any atom is -0.309 e. The lowest BCUT2D eigenvalue weighted by atomic mass is 9.99. The molecule has 26 heavy (non-hydrogen) atoms. The monoisotopic (exact) mass is 380 g/mol. The topological polar surface area (TPSA) is 102 Å². The lowest BCUT2D eigenvalue weighted by Gasteiger charge is -2.30. The molecule has 0 aliphatic carbocycles. The predicted octanol–water partition coefficient (Wildman–Crippen LogP) is 0.810. The van der Waals surface area contributed by atoms with Crippen molar-refractivity contribution < 1.29 is 13.2 Å². The van der Waals surface area contributed by atoms with Gasteiger partial charge in [-0.2, -0.15) is 14.5 Å². The molecule has 1 amide bonds. The van der Waals surface area contributed by atoms with E-state index >= 15 is 0 Å². The Morgan fingerprint density at radius 2 is 2.00 bits per heavy atom. The van der Waals surface area contributed by atoms with Gasteiger partial charge in [0, 0.05) is 38.9 Å². The minimum absolute atomic E-state index is 0.161. The summed E-state index contributed by atoms with van der Waals surface area (Å²) in [6.07, 6.45) is 2.65. The first-order chi connectivity index (χ1) is 12.2. The van der Waals surface area contributed by atoms with Crippen LogP contribution in [-0.4, -0.2) is 51.3 Å². The highest BCUT2D eigenvalue weighted by Crippen LogP contribution is 2.26. The molecule has 0 bridgehead atoms. The van der Waals surface area contributed by atoms with Gasteiger partial charge in [-0.1, -0.05) is 0 Å². The van der Waals surface area contributed by atoms with E-state index in [0.29, 0.717) is 30.9 Å². The van der Waals surface area contributed by atoms with Crippen LogP contribution in [0.5, 0.6) is 0 Å². The molecule has 3 heterocycles. The van der Waals surface area contributed by atoms with Gasteiger partial charge in [-0.25, -0.2) is 8.42 Å². The van der Waals surface area contributed by atoms with Crippen molar-refractivity contribution in [1.29, 1.82) is 0 Å². The van der Waals surface area contributed by atoms with Crippen molar-refractivity contribution >= 4 is 21.7 Å². The van der Waals surface area contributed by atoms with Crippen molar-refractivity contribution in [3.8, 4) is 0 Å². The zero-order valence-electron chi connectivity index (χ0n) is 15.4. The van der Waals surface area contributed by atoms with Gasteiger partial charge in [0.2, 0.25) is 15.9 Å². The van der Waals surface area contributed by atoms with Crippen LogP contribution < -0.4 is 5.32 Å². The molecule has 0 unspecified atom stereocenters. The molecular formula is C16H24N6O3S. The van der Waals surface area contributed by atoms with Gasteiger partial charge in [0.1, 0.15) is 4.90 Å². The molecule has 0 radical (unpaired) electrons. The summed E-state index contributed by atoms with van der Waals surface area (Å²) >= 11 is 0. The third kappa shape index (κ3) is 3.38. The number of aryl methyl sites for hydroxylation is 3. The quantitative estimate of drug-likeness (QED) is 0.846. The molecule has 142 valence electrons. The van der Waals surface area contributed by atoms with Crippen molar-refractivity contribution in [3.63, 3.8) is 0 Å². The maximum absolute atomic E-state index is 12.9. The van der Waals surface area contributed by atoms with E-state index in [1.165, 1.54) is 15.2 Å². The van der Waals surface area contributed by atoms with E-state index in [-0.39, 0.29) is 17.3 Å². The Balaban J connectivity index is 1.74.